The van der Waals surface area contributed by atoms with Crippen LogP contribution in [0.3, 0.4) is 0 Å². The molecule has 0 radical (unpaired) electrons. The van der Waals surface area contributed by atoms with Gasteiger partial charge in [-0.25, -0.2) is 9.97 Å². The molecule has 0 aliphatic rings. The molecular weight excluding hydrogens is 226 g/mol. The topological polar surface area (TPSA) is 59.4 Å². The number of hydrogen-bond acceptors (Lipinski definition) is 3. The van der Waals surface area contributed by atoms with Crippen LogP contribution in [0.1, 0.15) is 17.1 Å². The Morgan fingerprint density at radius 3 is 2.56 bits per heavy atom. The van der Waals surface area contributed by atoms with Crippen molar-refractivity contribution >= 4 is 11.2 Å². The molecule has 0 fully saturated rings. The fourth-order valence-corrected chi connectivity index (χ4v) is 2.22. The average Bonchev–Trinajstić information content (AvgIpc) is 2.80. The number of imidazole rings is 1. The summed E-state index contributed by atoms with van der Waals surface area (Å²) in [5.74, 6) is 0.839. The maximum absolute atomic E-state index is 4.56. The highest BCUT2D eigenvalue weighted by Crippen LogP contribution is 2.25. The number of aryl methyl sites for hydroxylation is 3. The molecule has 0 saturated carbocycles. The van der Waals surface area contributed by atoms with Gasteiger partial charge in [-0.2, -0.15) is 5.10 Å². The lowest BCUT2D eigenvalue weighted by molar-refractivity contribution is 0.731. The Kier molecular flexibility index (Phi) is 2.23. The fraction of sp³-hybridized carbons (Fsp3) is 0.308. The number of rotatable bonds is 1. The summed E-state index contributed by atoms with van der Waals surface area (Å²) in [4.78, 5) is 12.3. The van der Waals surface area contributed by atoms with Crippen molar-refractivity contribution < 1.29 is 0 Å². The summed E-state index contributed by atoms with van der Waals surface area (Å²) >= 11 is 0. The van der Waals surface area contributed by atoms with E-state index in [4.69, 9.17) is 0 Å². The van der Waals surface area contributed by atoms with Crippen LogP contribution in [0.15, 0.2) is 12.1 Å². The van der Waals surface area contributed by atoms with E-state index in [9.17, 15) is 0 Å². The monoisotopic (exact) mass is 241 g/mol. The van der Waals surface area contributed by atoms with Gasteiger partial charge in [-0.05, 0) is 32.9 Å². The van der Waals surface area contributed by atoms with Crippen LogP contribution < -0.4 is 0 Å². The van der Waals surface area contributed by atoms with Crippen LogP contribution in [0.4, 0.5) is 0 Å². The van der Waals surface area contributed by atoms with Crippen molar-refractivity contribution in [3.05, 3.63) is 29.2 Å². The van der Waals surface area contributed by atoms with Crippen LogP contribution in [0.5, 0.6) is 0 Å². The summed E-state index contributed by atoms with van der Waals surface area (Å²) in [6, 6.07) is 3.99. The number of aromatic nitrogens is 5. The van der Waals surface area contributed by atoms with Crippen LogP contribution in [0.25, 0.3) is 22.6 Å². The lowest BCUT2D eigenvalue weighted by Gasteiger charge is -1.96. The van der Waals surface area contributed by atoms with Gasteiger partial charge in [0.2, 0.25) is 0 Å². The highest BCUT2D eigenvalue weighted by Gasteiger charge is 2.15. The molecule has 0 amide bonds. The average molecular weight is 241 g/mol. The second-order valence-electron chi connectivity index (χ2n) is 4.58. The van der Waals surface area contributed by atoms with E-state index < -0.39 is 0 Å². The highest BCUT2D eigenvalue weighted by molar-refractivity contribution is 5.77. The summed E-state index contributed by atoms with van der Waals surface area (Å²) in [6.07, 6.45) is 0. The Morgan fingerprint density at radius 1 is 1.11 bits per heavy atom. The van der Waals surface area contributed by atoms with Gasteiger partial charge < -0.3 is 4.98 Å². The Bertz CT molecular complexity index is 735. The van der Waals surface area contributed by atoms with Gasteiger partial charge in [0.1, 0.15) is 5.82 Å². The van der Waals surface area contributed by atoms with Gasteiger partial charge >= 0.3 is 0 Å². The molecule has 3 rings (SSSR count). The molecule has 5 heteroatoms. The van der Waals surface area contributed by atoms with Crippen LogP contribution in [0, 0.1) is 20.8 Å². The van der Waals surface area contributed by atoms with E-state index in [1.807, 2.05) is 44.6 Å². The number of aromatic amines is 1. The van der Waals surface area contributed by atoms with Crippen molar-refractivity contribution in [1.29, 1.82) is 0 Å². The van der Waals surface area contributed by atoms with Crippen molar-refractivity contribution in [2.24, 2.45) is 7.05 Å². The molecule has 0 saturated heterocycles. The molecule has 92 valence electrons. The maximum atomic E-state index is 4.56. The third kappa shape index (κ3) is 1.51. The highest BCUT2D eigenvalue weighted by atomic mass is 15.3. The minimum absolute atomic E-state index is 0.757. The van der Waals surface area contributed by atoms with E-state index in [1.54, 1.807) is 0 Å². The number of pyridine rings is 1. The Morgan fingerprint density at radius 2 is 1.89 bits per heavy atom. The molecule has 18 heavy (non-hydrogen) atoms. The van der Waals surface area contributed by atoms with E-state index >= 15 is 0 Å². The van der Waals surface area contributed by atoms with Crippen LogP contribution in [-0.4, -0.2) is 24.7 Å². The number of nitrogens with one attached hydrogen (secondary N) is 1. The molecule has 0 atom stereocenters. The molecule has 0 unspecified atom stereocenters. The van der Waals surface area contributed by atoms with Crippen molar-refractivity contribution in [2.45, 2.75) is 20.8 Å². The first-order valence-electron chi connectivity index (χ1n) is 5.90. The second kappa shape index (κ2) is 3.66. The molecule has 5 nitrogen and oxygen atoms in total. The van der Waals surface area contributed by atoms with Crippen LogP contribution >= 0.6 is 0 Å². The van der Waals surface area contributed by atoms with E-state index in [2.05, 4.69) is 20.1 Å². The zero-order valence-corrected chi connectivity index (χ0v) is 10.9. The molecule has 0 spiro atoms. The number of nitrogens with zero attached hydrogens (tertiary/aromatic N) is 4. The first kappa shape index (κ1) is 11.0. The standard InChI is InChI=1S/C13H15N5/c1-7-5-6-10-12(14-7)16-13(15-10)11-8(2)17-18(4)9(11)3/h5-6H,1-4H3,(H,14,15,16). The summed E-state index contributed by atoms with van der Waals surface area (Å²) in [7, 11) is 1.94. The van der Waals surface area contributed by atoms with Gasteiger partial charge in [0.05, 0.1) is 16.8 Å². The van der Waals surface area contributed by atoms with Gasteiger partial charge in [-0.15, -0.1) is 0 Å². The smallest absolute Gasteiger partial charge is 0.178 e. The normalized spacial score (nSPS) is 11.3. The minimum Gasteiger partial charge on any atom is -0.336 e. The predicted molar refractivity (Wildman–Crippen MR) is 70.3 cm³/mol. The van der Waals surface area contributed by atoms with E-state index in [1.165, 1.54) is 0 Å². The Hall–Kier alpha value is -2.17. The van der Waals surface area contributed by atoms with Crippen molar-refractivity contribution in [3.63, 3.8) is 0 Å². The predicted octanol–water partition coefficient (Wildman–Crippen LogP) is 2.28. The molecule has 0 aliphatic heterocycles. The minimum atomic E-state index is 0.757. The lowest BCUT2D eigenvalue weighted by Crippen LogP contribution is -1.92. The fourth-order valence-electron chi connectivity index (χ4n) is 2.22. The second-order valence-corrected chi connectivity index (χ2v) is 4.58. The summed E-state index contributed by atoms with van der Waals surface area (Å²) in [5, 5.41) is 4.41. The maximum Gasteiger partial charge on any atom is 0.178 e. The van der Waals surface area contributed by atoms with Crippen molar-refractivity contribution in [1.82, 2.24) is 24.7 Å². The van der Waals surface area contributed by atoms with E-state index in [0.717, 1.165) is 39.6 Å². The Balaban J connectivity index is 2.25. The van der Waals surface area contributed by atoms with Gasteiger partial charge in [-0.3, -0.25) is 4.68 Å². The van der Waals surface area contributed by atoms with Crippen LogP contribution in [0.2, 0.25) is 0 Å². The largest absolute Gasteiger partial charge is 0.336 e. The zero-order valence-electron chi connectivity index (χ0n) is 10.9. The molecule has 0 bridgehead atoms. The summed E-state index contributed by atoms with van der Waals surface area (Å²) < 4.78 is 1.87. The summed E-state index contributed by atoms with van der Waals surface area (Å²) in [6.45, 7) is 6.00. The van der Waals surface area contributed by atoms with Gasteiger partial charge in [-0.1, -0.05) is 0 Å². The molecule has 3 heterocycles. The van der Waals surface area contributed by atoms with Crippen LogP contribution in [-0.2, 0) is 7.05 Å². The lowest BCUT2D eigenvalue weighted by atomic mass is 10.2. The van der Waals surface area contributed by atoms with E-state index in [-0.39, 0.29) is 0 Å². The van der Waals surface area contributed by atoms with Crippen molar-refractivity contribution in [2.75, 3.05) is 0 Å². The molecule has 3 aromatic heterocycles. The number of fused-ring (bicyclic) bond motifs is 1. The number of hydrogen-bond donors (Lipinski definition) is 1. The van der Waals surface area contributed by atoms with Crippen molar-refractivity contribution in [3.8, 4) is 11.4 Å². The first-order chi connectivity index (χ1) is 8.56. The summed E-state index contributed by atoms with van der Waals surface area (Å²) in [5.41, 5.74) is 5.83. The van der Waals surface area contributed by atoms with Gasteiger partial charge in [0.15, 0.2) is 5.65 Å². The number of H-pyrrole nitrogens is 1. The quantitative estimate of drug-likeness (QED) is 0.711. The Labute approximate surface area is 105 Å². The molecule has 0 aromatic carbocycles. The van der Waals surface area contributed by atoms with Gasteiger partial charge in [0, 0.05) is 18.4 Å². The molecule has 0 aliphatic carbocycles. The third-order valence-electron chi connectivity index (χ3n) is 3.23. The molecular formula is C13H15N5. The van der Waals surface area contributed by atoms with E-state index in [0.29, 0.717) is 0 Å². The third-order valence-corrected chi connectivity index (χ3v) is 3.23. The molecule has 3 aromatic rings. The molecule has 1 N–H and O–H groups in total. The SMILES string of the molecule is Cc1ccc2[nH]c(-c3c(C)nn(C)c3C)nc2n1. The zero-order chi connectivity index (χ0) is 12.9. The first-order valence-corrected chi connectivity index (χ1v) is 5.90. The van der Waals surface area contributed by atoms with Gasteiger partial charge in [0.25, 0.3) is 0 Å².